The van der Waals surface area contributed by atoms with Crippen molar-refractivity contribution in [1.29, 1.82) is 0 Å². The molecule has 0 saturated heterocycles. The van der Waals surface area contributed by atoms with E-state index in [2.05, 4.69) is 13.8 Å². The maximum Gasteiger partial charge on any atom is 0.325 e. The molecule has 2 atom stereocenters. The van der Waals surface area contributed by atoms with Crippen molar-refractivity contribution in [2.75, 3.05) is 20.0 Å². The molecule has 0 unspecified atom stereocenters. The predicted molar refractivity (Wildman–Crippen MR) is 269 cm³/mol. The van der Waals surface area contributed by atoms with E-state index in [1.165, 1.54) is 207 Å². The molecule has 0 spiro atoms. The molecule has 0 heterocycles. The summed E-state index contributed by atoms with van der Waals surface area (Å²) in [6.07, 6.45) is 48.2. The van der Waals surface area contributed by atoms with Crippen LogP contribution in [0.25, 0.3) is 0 Å². The van der Waals surface area contributed by atoms with Crippen LogP contribution >= 0.6 is 21.6 Å². The van der Waals surface area contributed by atoms with E-state index in [4.69, 9.17) is 20.9 Å². The van der Waals surface area contributed by atoms with Gasteiger partial charge in [-0.1, -0.05) is 267 Å². The highest BCUT2D eigenvalue weighted by Gasteiger charge is 2.53. The van der Waals surface area contributed by atoms with Crippen LogP contribution in [0, 0.1) is 0 Å². The van der Waals surface area contributed by atoms with E-state index in [-0.39, 0.29) is 30.2 Å². The summed E-state index contributed by atoms with van der Waals surface area (Å²) in [6.45, 7) is 4.55. The highest BCUT2D eigenvalue weighted by atomic mass is 33.1. The Labute approximate surface area is 391 Å². The number of Topliss-reactive ketones (excluding diaryl/α,β-unsaturated/α-hetero) is 2. The zero-order valence-electron chi connectivity index (χ0n) is 41.1. The first-order chi connectivity index (χ1) is 30.2. The maximum absolute atomic E-state index is 14.2. The van der Waals surface area contributed by atoms with Gasteiger partial charge in [-0.2, -0.15) is 0 Å². The molecule has 0 fully saturated rings. The van der Waals surface area contributed by atoms with Gasteiger partial charge in [-0.15, -0.1) is 0 Å². The zero-order valence-corrected chi connectivity index (χ0v) is 42.7. The Hall–Kier alpha value is -1.10. The normalized spacial score (nSPS) is 12.7. The number of carbonyl (C=O) groups is 4. The molecule has 0 rings (SSSR count). The topological polar surface area (TPSA) is 139 Å². The quantitative estimate of drug-likeness (QED) is 0.0262. The average Bonchev–Trinajstić information content (AvgIpc) is 3.28. The molecule has 62 heavy (non-hydrogen) atoms. The van der Waals surface area contributed by atoms with Crippen molar-refractivity contribution >= 4 is 45.1 Å². The molecule has 0 aromatic rings. The first kappa shape index (κ1) is 60.9. The van der Waals surface area contributed by atoms with E-state index < -0.39 is 28.8 Å². The molecule has 0 saturated carbocycles. The summed E-state index contributed by atoms with van der Waals surface area (Å²) in [5.41, 5.74) is 12.5. The van der Waals surface area contributed by atoms with Gasteiger partial charge in [0.05, 0.1) is 14.2 Å². The monoisotopic (exact) mass is 913 g/mol. The Kier molecular flexibility index (Phi) is 44.3. The molecule has 0 aromatic heterocycles. The Morgan fingerprint density at radius 3 is 0.887 bits per heavy atom. The lowest BCUT2D eigenvalue weighted by Gasteiger charge is -2.34. The second-order valence-electron chi connectivity index (χ2n) is 18.3. The van der Waals surface area contributed by atoms with Crippen LogP contribution < -0.4 is 11.5 Å². The average molecular weight is 914 g/mol. The van der Waals surface area contributed by atoms with Crippen LogP contribution in [0.1, 0.15) is 271 Å². The second kappa shape index (κ2) is 45.1. The number of carbonyl (C=O) groups excluding carboxylic acids is 4. The molecule has 366 valence electrons. The largest absolute Gasteiger partial charge is 0.468 e. The fraction of sp³-hybridized carbons (Fsp3) is 0.923. The molecule has 0 aliphatic heterocycles. The standard InChI is InChI=1S/C52H100N2O6S2/c1-5-7-9-11-13-15-17-19-21-23-25-27-29-31-33-35-37-39-41-43-47(55)52(49(54)51(58)60-4,62-61-45-46(53)50(57)59-3)48(56)44-42-40-38-36-34-32-30-28-26-24-22-20-18-16-14-12-10-8-6-2/h46,49H,5-45,53-54H2,1-4H3/t46-,49+/m0/s1. The Morgan fingerprint density at radius 2 is 0.645 bits per heavy atom. The molecule has 0 radical (unpaired) electrons. The molecule has 0 aliphatic rings. The van der Waals surface area contributed by atoms with Crippen molar-refractivity contribution in [3.8, 4) is 0 Å². The number of hydrogen-bond donors (Lipinski definition) is 2. The molecule has 8 nitrogen and oxygen atoms in total. The smallest absolute Gasteiger partial charge is 0.325 e. The van der Waals surface area contributed by atoms with Gasteiger partial charge in [0.15, 0.2) is 16.3 Å². The molecular formula is C52H100N2O6S2. The second-order valence-corrected chi connectivity index (χ2v) is 20.9. The summed E-state index contributed by atoms with van der Waals surface area (Å²) >= 11 is 0. The van der Waals surface area contributed by atoms with E-state index >= 15 is 0 Å². The van der Waals surface area contributed by atoms with Crippen molar-refractivity contribution in [2.45, 2.75) is 288 Å². The molecule has 0 aromatic carbocycles. The third kappa shape index (κ3) is 32.5. The van der Waals surface area contributed by atoms with E-state index in [0.717, 1.165) is 60.1 Å². The van der Waals surface area contributed by atoms with Gasteiger partial charge in [-0.05, 0) is 12.8 Å². The number of unbranched alkanes of at least 4 members (excludes halogenated alkanes) is 36. The molecule has 10 heteroatoms. The van der Waals surface area contributed by atoms with Gasteiger partial charge in [0.25, 0.3) is 0 Å². The minimum atomic E-state index is -1.81. The van der Waals surface area contributed by atoms with Gasteiger partial charge in [0.1, 0.15) is 12.1 Å². The van der Waals surface area contributed by atoms with Crippen LogP contribution in [0.2, 0.25) is 0 Å². The lowest BCUT2D eigenvalue weighted by molar-refractivity contribution is -0.147. The Bertz CT molecular complexity index is 1010. The fourth-order valence-electron chi connectivity index (χ4n) is 8.46. The maximum atomic E-state index is 14.2. The van der Waals surface area contributed by atoms with Crippen molar-refractivity contribution in [1.82, 2.24) is 0 Å². The SMILES string of the molecule is CCCCCCCCCCCCCCCCCCCCCC(=O)C(SSC[C@H](N)C(=O)OC)(C(=O)CCCCCCCCCCCCCCCCCCCCC)[C@H](N)C(=O)OC. The van der Waals surface area contributed by atoms with Gasteiger partial charge in [-0.25, -0.2) is 0 Å². The van der Waals surface area contributed by atoms with Crippen LogP contribution in [0.3, 0.4) is 0 Å². The lowest BCUT2D eigenvalue weighted by Crippen LogP contribution is -2.60. The summed E-state index contributed by atoms with van der Waals surface area (Å²) in [5, 5.41) is 0. The summed E-state index contributed by atoms with van der Waals surface area (Å²) in [5.74, 6) is -1.95. The summed E-state index contributed by atoms with van der Waals surface area (Å²) in [6, 6.07) is -2.39. The fourth-order valence-corrected chi connectivity index (χ4v) is 11.7. The number of methoxy groups -OCH3 is 2. The number of esters is 2. The van der Waals surface area contributed by atoms with E-state index in [9.17, 15) is 19.2 Å². The number of nitrogens with two attached hydrogens (primary N) is 2. The minimum Gasteiger partial charge on any atom is -0.468 e. The van der Waals surface area contributed by atoms with Gasteiger partial charge in [-0.3, -0.25) is 19.2 Å². The van der Waals surface area contributed by atoms with Crippen molar-refractivity contribution in [3.05, 3.63) is 0 Å². The lowest BCUT2D eigenvalue weighted by atomic mass is 9.85. The van der Waals surface area contributed by atoms with Crippen LogP contribution in [-0.2, 0) is 28.7 Å². The van der Waals surface area contributed by atoms with Crippen molar-refractivity contribution in [2.24, 2.45) is 11.5 Å². The van der Waals surface area contributed by atoms with Gasteiger partial charge >= 0.3 is 11.9 Å². The van der Waals surface area contributed by atoms with Crippen LogP contribution in [-0.4, -0.2) is 60.3 Å². The summed E-state index contributed by atoms with van der Waals surface area (Å²) in [4.78, 5) is 53.3. The molecular weight excluding hydrogens is 813 g/mol. The third-order valence-electron chi connectivity index (χ3n) is 12.7. The minimum absolute atomic E-state index is 0.103. The highest BCUT2D eigenvalue weighted by Crippen LogP contribution is 2.43. The third-order valence-corrected chi connectivity index (χ3v) is 15.8. The number of hydrogen-bond acceptors (Lipinski definition) is 10. The first-order valence-corrected chi connectivity index (χ1v) is 28.6. The van der Waals surface area contributed by atoms with Crippen LogP contribution in [0.5, 0.6) is 0 Å². The molecule has 4 N–H and O–H groups in total. The number of rotatable bonds is 49. The van der Waals surface area contributed by atoms with Crippen molar-refractivity contribution in [3.63, 3.8) is 0 Å². The van der Waals surface area contributed by atoms with E-state index in [0.29, 0.717) is 12.8 Å². The van der Waals surface area contributed by atoms with Crippen molar-refractivity contribution < 1.29 is 28.7 Å². The zero-order chi connectivity index (χ0) is 45.8. The summed E-state index contributed by atoms with van der Waals surface area (Å²) < 4.78 is 7.96. The first-order valence-electron chi connectivity index (χ1n) is 26.3. The van der Waals surface area contributed by atoms with Crippen LogP contribution in [0.4, 0.5) is 0 Å². The van der Waals surface area contributed by atoms with E-state index in [1.54, 1.807) is 0 Å². The highest BCUT2D eigenvalue weighted by molar-refractivity contribution is 8.77. The Morgan fingerprint density at radius 1 is 0.403 bits per heavy atom. The summed E-state index contributed by atoms with van der Waals surface area (Å²) in [7, 11) is 4.59. The number of ether oxygens (including phenoxy) is 2. The molecule has 0 amide bonds. The van der Waals surface area contributed by atoms with Crippen LogP contribution in [0.15, 0.2) is 0 Å². The predicted octanol–water partition coefficient (Wildman–Crippen LogP) is 14.9. The van der Waals surface area contributed by atoms with Gasteiger partial charge < -0.3 is 20.9 Å². The molecule has 0 aliphatic carbocycles. The van der Waals surface area contributed by atoms with Gasteiger partial charge in [0, 0.05) is 18.6 Å². The number of ketones is 2. The Balaban J connectivity index is 4.69. The van der Waals surface area contributed by atoms with Gasteiger partial charge in [0.2, 0.25) is 0 Å². The molecule has 0 bridgehead atoms. The van der Waals surface area contributed by atoms with E-state index in [1.807, 2.05) is 0 Å².